The van der Waals surface area contributed by atoms with Crippen LogP contribution in [0.15, 0.2) is 85.5 Å². The zero-order valence-electron chi connectivity index (χ0n) is 22.1. The molecule has 9 nitrogen and oxygen atoms in total. The molecular formula is C31H29N9. The van der Waals surface area contributed by atoms with Crippen molar-refractivity contribution in [3.05, 3.63) is 91.0 Å². The minimum atomic E-state index is 0.647. The highest BCUT2D eigenvalue weighted by atomic mass is 15.2. The van der Waals surface area contributed by atoms with E-state index in [0.717, 1.165) is 64.4 Å². The van der Waals surface area contributed by atoms with Gasteiger partial charge in [-0.2, -0.15) is 5.10 Å². The Morgan fingerprint density at radius 2 is 1.85 bits per heavy atom. The van der Waals surface area contributed by atoms with Crippen LogP contribution in [0.5, 0.6) is 0 Å². The van der Waals surface area contributed by atoms with Crippen molar-refractivity contribution in [2.75, 3.05) is 23.3 Å². The third kappa shape index (κ3) is 4.66. The highest BCUT2D eigenvalue weighted by molar-refractivity contribution is 5.93. The number of aromatic amines is 2. The number of benzene rings is 1. The quantitative estimate of drug-likeness (QED) is 0.229. The van der Waals surface area contributed by atoms with Crippen LogP contribution in [0, 0.1) is 0 Å². The van der Waals surface area contributed by atoms with Crippen LogP contribution in [0.1, 0.15) is 24.8 Å². The molecule has 1 saturated heterocycles. The van der Waals surface area contributed by atoms with Gasteiger partial charge in [-0.1, -0.05) is 36.9 Å². The zero-order chi connectivity index (χ0) is 26.9. The van der Waals surface area contributed by atoms with E-state index < -0.39 is 0 Å². The maximum atomic E-state index is 4.98. The van der Waals surface area contributed by atoms with Crippen LogP contribution < -0.4 is 10.2 Å². The van der Waals surface area contributed by atoms with Gasteiger partial charge >= 0.3 is 0 Å². The number of nitrogens with zero attached hydrogens (tertiary/aromatic N) is 6. The summed E-state index contributed by atoms with van der Waals surface area (Å²) in [6.07, 6.45) is 9.86. The smallest absolute Gasteiger partial charge is 0.180 e. The lowest BCUT2D eigenvalue weighted by atomic mass is 10.1. The fourth-order valence-corrected chi connectivity index (χ4v) is 5.37. The largest absolute Gasteiger partial charge is 0.370 e. The molecule has 0 spiro atoms. The van der Waals surface area contributed by atoms with Gasteiger partial charge in [-0.15, -0.1) is 0 Å². The number of H-pyrrole nitrogens is 2. The van der Waals surface area contributed by atoms with Crippen LogP contribution in [0.3, 0.4) is 0 Å². The second-order valence-corrected chi connectivity index (χ2v) is 10.2. The lowest BCUT2D eigenvalue weighted by molar-refractivity contribution is 0.578. The summed E-state index contributed by atoms with van der Waals surface area (Å²) in [5, 5.41) is 11.1. The van der Waals surface area contributed by atoms with Crippen molar-refractivity contribution in [2.24, 2.45) is 0 Å². The number of rotatable bonds is 7. The van der Waals surface area contributed by atoms with Crippen molar-refractivity contribution in [2.45, 2.75) is 25.7 Å². The molecule has 40 heavy (non-hydrogen) atoms. The number of hydrogen-bond donors (Lipinski definition) is 3. The molecule has 0 amide bonds. The number of pyridine rings is 3. The van der Waals surface area contributed by atoms with Crippen molar-refractivity contribution in [1.82, 2.24) is 35.1 Å². The van der Waals surface area contributed by atoms with Crippen LogP contribution in [0.4, 0.5) is 11.4 Å². The fraction of sp³-hybridized carbons (Fsp3) is 0.194. The van der Waals surface area contributed by atoms with Crippen LogP contribution in [-0.4, -0.2) is 48.2 Å². The minimum Gasteiger partial charge on any atom is -0.370 e. The number of nitrogens with one attached hydrogen (secondary N) is 3. The average Bonchev–Trinajstić information content (AvgIpc) is 3.62. The molecule has 0 atom stereocenters. The van der Waals surface area contributed by atoms with E-state index >= 15 is 0 Å². The molecule has 0 unspecified atom stereocenters. The predicted octanol–water partition coefficient (Wildman–Crippen LogP) is 6.12. The SMILES string of the molecule is C=C(Cc1ccccc1)Nc1cncc(-c2ccc3[nH]nc(-c4nc5nccc(N6CCCCC6)c5[nH]4)c3n2)c1. The molecule has 7 rings (SSSR count). The number of fused-ring (bicyclic) bond motifs is 2. The first-order valence-electron chi connectivity index (χ1n) is 13.6. The summed E-state index contributed by atoms with van der Waals surface area (Å²) in [5.74, 6) is 0.647. The molecule has 6 heterocycles. The van der Waals surface area contributed by atoms with Crippen molar-refractivity contribution < 1.29 is 0 Å². The number of piperidine rings is 1. The predicted molar refractivity (Wildman–Crippen MR) is 159 cm³/mol. The third-order valence-corrected chi connectivity index (χ3v) is 7.31. The Labute approximate surface area is 231 Å². The molecule has 1 fully saturated rings. The zero-order valence-corrected chi connectivity index (χ0v) is 22.1. The fourth-order valence-electron chi connectivity index (χ4n) is 5.37. The van der Waals surface area contributed by atoms with Gasteiger partial charge in [0.1, 0.15) is 11.0 Å². The van der Waals surface area contributed by atoms with Crippen LogP contribution in [0.2, 0.25) is 0 Å². The number of imidazole rings is 1. The summed E-state index contributed by atoms with van der Waals surface area (Å²) < 4.78 is 0. The second kappa shape index (κ2) is 10.3. The van der Waals surface area contributed by atoms with E-state index in [2.05, 4.69) is 60.1 Å². The van der Waals surface area contributed by atoms with Crippen molar-refractivity contribution in [3.8, 4) is 22.8 Å². The van der Waals surface area contributed by atoms with Crippen LogP contribution in [0.25, 0.3) is 45.0 Å². The normalized spacial score (nSPS) is 13.7. The van der Waals surface area contributed by atoms with Crippen molar-refractivity contribution in [3.63, 3.8) is 0 Å². The molecule has 1 aliphatic rings. The summed E-state index contributed by atoms with van der Waals surface area (Å²) in [4.78, 5) is 24.7. The highest BCUT2D eigenvalue weighted by Gasteiger charge is 2.20. The average molecular weight is 528 g/mol. The summed E-state index contributed by atoms with van der Waals surface area (Å²) in [6, 6.07) is 18.3. The van der Waals surface area contributed by atoms with Gasteiger partial charge in [-0.25, -0.2) is 15.0 Å². The standard InChI is InChI=1S/C31H29N9/c1-20(16-21-8-4-2-5-9-21)34-23-17-22(18-32-19-23)24-10-11-25-27(35-24)29(39-38-25)31-36-28-26(12-13-33-30(28)37-31)40-14-6-3-7-15-40/h2,4-5,8-13,17-19,34H,1,3,6-7,14-16H2,(H,38,39)(H,33,36,37). The summed E-state index contributed by atoms with van der Waals surface area (Å²) >= 11 is 0. The molecule has 0 bridgehead atoms. The molecule has 5 aromatic heterocycles. The number of anilines is 2. The molecular weight excluding hydrogens is 498 g/mol. The first kappa shape index (κ1) is 24.0. The van der Waals surface area contributed by atoms with E-state index in [0.29, 0.717) is 17.2 Å². The molecule has 198 valence electrons. The van der Waals surface area contributed by atoms with Gasteiger partial charge < -0.3 is 15.2 Å². The number of hydrogen-bond acceptors (Lipinski definition) is 7. The van der Waals surface area contributed by atoms with E-state index in [1.807, 2.05) is 48.8 Å². The van der Waals surface area contributed by atoms with Crippen molar-refractivity contribution in [1.29, 1.82) is 0 Å². The van der Waals surface area contributed by atoms with Gasteiger partial charge in [-0.05, 0) is 49.1 Å². The van der Waals surface area contributed by atoms with Gasteiger partial charge in [0, 0.05) is 43.2 Å². The van der Waals surface area contributed by atoms with Crippen LogP contribution in [-0.2, 0) is 6.42 Å². The molecule has 3 N–H and O–H groups in total. The minimum absolute atomic E-state index is 0.647. The summed E-state index contributed by atoms with van der Waals surface area (Å²) in [7, 11) is 0. The van der Waals surface area contributed by atoms with Crippen LogP contribution >= 0.6 is 0 Å². The monoisotopic (exact) mass is 527 g/mol. The topological polar surface area (TPSA) is 111 Å². The lowest BCUT2D eigenvalue weighted by Gasteiger charge is -2.28. The lowest BCUT2D eigenvalue weighted by Crippen LogP contribution is -2.29. The molecule has 1 aromatic carbocycles. The molecule has 1 aliphatic heterocycles. The van der Waals surface area contributed by atoms with Gasteiger partial charge in [-0.3, -0.25) is 10.1 Å². The second-order valence-electron chi connectivity index (χ2n) is 10.2. The Bertz CT molecular complexity index is 1810. The molecule has 9 heteroatoms. The summed E-state index contributed by atoms with van der Waals surface area (Å²) in [6.45, 7) is 6.29. The molecule has 6 aromatic rings. The van der Waals surface area contributed by atoms with E-state index in [-0.39, 0.29) is 0 Å². The molecule has 0 radical (unpaired) electrons. The Morgan fingerprint density at radius 3 is 2.73 bits per heavy atom. The maximum absolute atomic E-state index is 4.98. The van der Waals surface area contributed by atoms with Gasteiger partial charge in [0.2, 0.25) is 0 Å². The number of aromatic nitrogens is 7. The molecule has 0 saturated carbocycles. The Balaban J connectivity index is 1.19. The summed E-state index contributed by atoms with van der Waals surface area (Å²) in [5.41, 5.74) is 9.65. The first-order chi connectivity index (χ1) is 19.7. The molecule has 0 aliphatic carbocycles. The Kier molecular flexibility index (Phi) is 6.16. The maximum Gasteiger partial charge on any atom is 0.180 e. The van der Waals surface area contributed by atoms with E-state index in [1.165, 1.54) is 24.8 Å². The highest BCUT2D eigenvalue weighted by Crippen LogP contribution is 2.31. The first-order valence-corrected chi connectivity index (χ1v) is 13.6. The van der Waals surface area contributed by atoms with Gasteiger partial charge in [0.05, 0.1) is 28.8 Å². The van der Waals surface area contributed by atoms with E-state index in [1.54, 1.807) is 6.20 Å². The van der Waals surface area contributed by atoms with E-state index in [4.69, 9.17) is 9.97 Å². The Morgan fingerprint density at radius 1 is 0.975 bits per heavy atom. The number of allylic oxidation sites excluding steroid dienone is 1. The van der Waals surface area contributed by atoms with Gasteiger partial charge in [0.25, 0.3) is 0 Å². The van der Waals surface area contributed by atoms with Crippen molar-refractivity contribution >= 4 is 33.6 Å². The van der Waals surface area contributed by atoms with E-state index in [9.17, 15) is 0 Å². The third-order valence-electron chi connectivity index (χ3n) is 7.31. The van der Waals surface area contributed by atoms with Gasteiger partial charge in [0.15, 0.2) is 17.2 Å². The Hall–Kier alpha value is -5.05.